The molecule has 6 nitrogen and oxygen atoms in total. The number of carbonyl (C=O) groups excluding carboxylic acids is 1. The fourth-order valence-electron chi connectivity index (χ4n) is 3.05. The molecule has 1 N–H and O–H groups in total. The van der Waals surface area contributed by atoms with Crippen molar-refractivity contribution in [2.24, 2.45) is 0 Å². The number of hydrogen-bond acceptors (Lipinski definition) is 5. The Morgan fingerprint density at radius 3 is 2.60 bits per heavy atom. The van der Waals surface area contributed by atoms with Gasteiger partial charge in [0, 0.05) is 24.3 Å². The lowest BCUT2D eigenvalue weighted by molar-refractivity contribution is 0.0946. The number of ether oxygens (including phenoxy) is 2. The monoisotopic (exact) mass is 399 g/mol. The quantitative estimate of drug-likeness (QED) is 0.505. The van der Waals surface area contributed by atoms with Crippen molar-refractivity contribution in [1.82, 2.24) is 15.3 Å². The van der Waals surface area contributed by atoms with Crippen molar-refractivity contribution < 1.29 is 14.3 Å². The van der Waals surface area contributed by atoms with Gasteiger partial charge in [-0.15, -0.1) is 0 Å². The largest absolute Gasteiger partial charge is 0.493 e. The first-order valence-electron chi connectivity index (χ1n) is 9.55. The molecule has 2 aromatic heterocycles. The second kappa shape index (κ2) is 9.05. The summed E-state index contributed by atoms with van der Waals surface area (Å²) in [6.07, 6.45) is 3.46. The number of benzene rings is 2. The fraction of sp³-hybridized carbons (Fsp3) is 0.125. The Morgan fingerprint density at radius 1 is 0.933 bits per heavy atom. The highest BCUT2D eigenvalue weighted by Crippen LogP contribution is 2.28. The summed E-state index contributed by atoms with van der Waals surface area (Å²) >= 11 is 0. The number of nitrogens with one attached hydrogen (secondary N) is 1. The first-order chi connectivity index (χ1) is 14.7. The van der Waals surface area contributed by atoms with E-state index in [1.165, 1.54) is 0 Å². The number of aromatic nitrogens is 2. The second-order valence-electron chi connectivity index (χ2n) is 6.70. The van der Waals surface area contributed by atoms with Gasteiger partial charge in [0.25, 0.3) is 5.91 Å². The molecule has 0 fully saturated rings. The average Bonchev–Trinajstić information content (AvgIpc) is 2.81. The Morgan fingerprint density at radius 2 is 1.77 bits per heavy atom. The number of methoxy groups -OCH3 is 1. The standard InChI is InChI=1S/C24H21N3O3/c1-29-23-14-18(6-9-22(23)30-16-17-10-12-25-13-11-17)15-26-24(28)21-8-7-19-4-2-3-5-20(19)27-21/h2-14H,15-16H2,1H3,(H,26,28). The van der Waals surface area contributed by atoms with Crippen LogP contribution >= 0.6 is 0 Å². The minimum atomic E-state index is -0.224. The van der Waals surface area contributed by atoms with E-state index < -0.39 is 0 Å². The van der Waals surface area contributed by atoms with Crippen molar-refractivity contribution in [3.8, 4) is 11.5 Å². The molecule has 0 aliphatic heterocycles. The Balaban J connectivity index is 1.40. The molecule has 0 aliphatic rings. The fourth-order valence-corrected chi connectivity index (χ4v) is 3.05. The van der Waals surface area contributed by atoms with Gasteiger partial charge in [0.2, 0.25) is 0 Å². The number of amides is 1. The molecule has 0 spiro atoms. The van der Waals surface area contributed by atoms with E-state index in [9.17, 15) is 4.79 Å². The van der Waals surface area contributed by atoms with Crippen molar-refractivity contribution >= 4 is 16.8 Å². The summed E-state index contributed by atoms with van der Waals surface area (Å²) < 4.78 is 11.3. The lowest BCUT2D eigenvalue weighted by Crippen LogP contribution is -2.23. The summed E-state index contributed by atoms with van der Waals surface area (Å²) in [7, 11) is 1.59. The third-order valence-electron chi connectivity index (χ3n) is 4.66. The van der Waals surface area contributed by atoms with Crippen LogP contribution in [0.5, 0.6) is 11.5 Å². The van der Waals surface area contributed by atoms with Crippen LogP contribution in [0.2, 0.25) is 0 Å². The molecule has 4 aromatic rings. The van der Waals surface area contributed by atoms with Gasteiger partial charge in [-0.25, -0.2) is 4.98 Å². The predicted octanol–water partition coefficient (Wildman–Crippen LogP) is 4.15. The van der Waals surface area contributed by atoms with Crippen LogP contribution in [0.3, 0.4) is 0 Å². The van der Waals surface area contributed by atoms with Gasteiger partial charge < -0.3 is 14.8 Å². The molecule has 30 heavy (non-hydrogen) atoms. The van der Waals surface area contributed by atoms with E-state index >= 15 is 0 Å². The number of rotatable bonds is 7. The molecule has 6 heteroatoms. The molecule has 1 amide bonds. The second-order valence-corrected chi connectivity index (χ2v) is 6.70. The predicted molar refractivity (Wildman–Crippen MR) is 114 cm³/mol. The van der Waals surface area contributed by atoms with Gasteiger partial charge in [0.1, 0.15) is 12.3 Å². The maximum atomic E-state index is 12.5. The summed E-state index contributed by atoms with van der Waals surface area (Å²) in [5.41, 5.74) is 3.10. The zero-order valence-corrected chi connectivity index (χ0v) is 16.5. The number of carbonyl (C=O) groups is 1. The van der Waals surface area contributed by atoms with Gasteiger partial charge >= 0.3 is 0 Å². The van der Waals surface area contributed by atoms with Crippen LogP contribution in [0, 0.1) is 0 Å². The van der Waals surface area contributed by atoms with Crippen LogP contribution in [0.1, 0.15) is 21.6 Å². The van der Waals surface area contributed by atoms with Gasteiger partial charge in [-0.2, -0.15) is 0 Å². The zero-order valence-electron chi connectivity index (χ0n) is 16.5. The van der Waals surface area contributed by atoms with Gasteiger partial charge in [0.15, 0.2) is 11.5 Å². The molecule has 0 unspecified atom stereocenters. The van der Waals surface area contributed by atoms with E-state index in [0.717, 1.165) is 22.0 Å². The van der Waals surface area contributed by atoms with Crippen molar-refractivity contribution in [3.63, 3.8) is 0 Å². The van der Waals surface area contributed by atoms with Crippen LogP contribution in [-0.2, 0) is 13.2 Å². The van der Waals surface area contributed by atoms with Crippen molar-refractivity contribution in [1.29, 1.82) is 0 Å². The van der Waals surface area contributed by atoms with E-state index in [1.54, 1.807) is 25.6 Å². The minimum absolute atomic E-state index is 0.224. The smallest absolute Gasteiger partial charge is 0.270 e. The van der Waals surface area contributed by atoms with Crippen molar-refractivity contribution in [2.75, 3.05) is 7.11 Å². The molecular weight excluding hydrogens is 378 g/mol. The normalized spacial score (nSPS) is 10.6. The minimum Gasteiger partial charge on any atom is -0.493 e. The number of nitrogens with zero attached hydrogens (tertiary/aromatic N) is 2. The summed E-state index contributed by atoms with van der Waals surface area (Å²) in [6, 6.07) is 20.7. The number of pyridine rings is 2. The third kappa shape index (κ3) is 4.55. The topological polar surface area (TPSA) is 73.3 Å². The van der Waals surface area contributed by atoms with Crippen LogP contribution in [0.4, 0.5) is 0 Å². The maximum absolute atomic E-state index is 12.5. The van der Waals surface area contributed by atoms with Crippen LogP contribution < -0.4 is 14.8 Å². The molecule has 0 saturated heterocycles. The Labute approximate surface area is 174 Å². The molecule has 0 saturated carbocycles. The first kappa shape index (κ1) is 19.4. The molecule has 0 aliphatic carbocycles. The summed E-state index contributed by atoms with van der Waals surface area (Å²) in [5, 5.41) is 3.90. The van der Waals surface area contributed by atoms with E-state index in [-0.39, 0.29) is 5.91 Å². The molecule has 0 atom stereocenters. The van der Waals surface area contributed by atoms with E-state index in [0.29, 0.717) is 30.3 Å². The van der Waals surface area contributed by atoms with E-state index in [2.05, 4.69) is 15.3 Å². The zero-order chi connectivity index (χ0) is 20.8. The Hall–Kier alpha value is -3.93. The van der Waals surface area contributed by atoms with E-state index in [1.807, 2.05) is 60.7 Å². The molecule has 150 valence electrons. The van der Waals surface area contributed by atoms with Gasteiger partial charge in [-0.05, 0) is 47.5 Å². The van der Waals surface area contributed by atoms with Gasteiger partial charge in [0.05, 0.1) is 12.6 Å². The summed E-state index contributed by atoms with van der Waals surface area (Å²) in [4.78, 5) is 20.9. The van der Waals surface area contributed by atoms with Crippen LogP contribution in [-0.4, -0.2) is 23.0 Å². The molecule has 2 aromatic carbocycles. The van der Waals surface area contributed by atoms with Crippen molar-refractivity contribution in [3.05, 3.63) is 95.9 Å². The van der Waals surface area contributed by atoms with Gasteiger partial charge in [-0.1, -0.05) is 30.3 Å². The molecule has 2 heterocycles. The lowest BCUT2D eigenvalue weighted by Gasteiger charge is -2.13. The van der Waals surface area contributed by atoms with Crippen LogP contribution in [0.25, 0.3) is 10.9 Å². The molecular formula is C24H21N3O3. The molecule has 0 bridgehead atoms. The number of para-hydroxylation sites is 1. The van der Waals surface area contributed by atoms with Crippen LogP contribution in [0.15, 0.2) is 79.1 Å². The summed E-state index contributed by atoms with van der Waals surface area (Å²) in [6.45, 7) is 0.775. The highest BCUT2D eigenvalue weighted by Gasteiger charge is 2.10. The molecule has 4 rings (SSSR count). The third-order valence-corrected chi connectivity index (χ3v) is 4.66. The SMILES string of the molecule is COc1cc(CNC(=O)c2ccc3ccccc3n2)ccc1OCc1ccncc1. The maximum Gasteiger partial charge on any atom is 0.270 e. The number of hydrogen-bond donors (Lipinski definition) is 1. The summed E-state index contributed by atoms with van der Waals surface area (Å²) in [5.74, 6) is 1.03. The first-order valence-corrected chi connectivity index (χ1v) is 9.55. The average molecular weight is 399 g/mol. The number of fused-ring (bicyclic) bond motifs is 1. The van der Waals surface area contributed by atoms with Gasteiger partial charge in [-0.3, -0.25) is 9.78 Å². The highest BCUT2D eigenvalue weighted by atomic mass is 16.5. The molecule has 0 radical (unpaired) electrons. The highest BCUT2D eigenvalue weighted by molar-refractivity contribution is 5.94. The Bertz CT molecular complexity index is 1160. The lowest BCUT2D eigenvalue weighted by atomic mass is 10.2. The Kier molecular flexibility index (Phi) is 5.85. The van der Waals surface area contributed by atoms with E-state index in [4.69, 9.17) is 9.47 Å². The van der Waals surface area contributed by atoms with Crippen molar-refractivity contribution in [2.45, 2.75) is 13.2 Å².